The highest BCUT2D eigenvalue weighted by atomic mass is 35.5. The zero-order valence-corrected chi connectivity index (χ0v) is 21.9. The van der Waals surface area contributed by atoms with Gasteiger partial charge in [-0.25, -0.2) is 13.4 Å². The normalized spacial score (nSPS) is 11.5. The highest BCUT2D eigenvalue weighted by molar-refractivity contribution is 7.90. The third kappa shape index (κ3) is 6.03. The van der Waals surface area contributed by atoms with Crippen LogP contribution in [0.1, 0.15) is 29.8 Å². The number of thiazole rings is 1. The molecule has 0 spiro atoms. The quantitative estimate of drug-likeness (QED) is 0.423. The van der Waals surface area contributed by atoms with Gasteiger partial charge in [-0.05, 0) is 55.9 Å². The van der Waals surface area contributed by atoms with Crippen molar-refractivity contribution in [3.63, 3.8) is 0 Å². The van der Waals surface area contributed by atoms with Crippen LogP contribution in [0.4, 0.5) is 5.13 Å². The van der Waals surface area contributed by atoms with Gasteiger partial charge in [0.25, 0.3) is 5.91 Å². The first-order valence-electron chi connectivity index (χ1n) is 10.5. The maximum atomic E-state index is 13.5. The maximum Gasteiger partial charge on any atom is 0.260 e. The predicted octanol–water partition coefficient (Wildman–Crippen LogP) is 4.43. The number of aryl methyl sites for hydroxylation is 1. The maximum absolute atomic E-state index is 13.5. The number of benzene rings is 2. The number of fused-ring (bicyclic) bond motifs is 1. The van der Waals surface area contributed by atoms with Crippen LogP contribution in [0.5, 0.6) is 5.75 Å². The summed E-state index contributed by atoms with van der Waals surface area (Å²) in [5, 5.41) is 0.594. The summed E-state index contributed by atoms with van der Waals surface area (Å²) in [5.41, 5.74) is 2.22. The Kier molecular flexibility index (Phi) is 9.25. The van der Waals surface area contributed by atoms with Gasteiger partial charge in [-0.3, -0.25) is 9.69 Å². The highest BCUT2D eigenvalue weighted by Gasteiger charge is 2.24. The van der Waals surface area contributed by atoms with Gasteiger partial charge in [0.2, 0.25) is 0 Å². The van der Waals surface area contributed by atoms with Crippen molar-refractivity contribution in [2.45, 2.75) is 25.7 Å². The summed E-state index contributed by atoms with van der Waals surface area (Å²) in [6.07, 6.45) is 1.15. The molecule has 180 valence electrons. The summed E-state index contributed by atoms with van der Waals surface area (Å²) >= 11 is 1.46. The van der Waals surface area contributed by atoms with Crippen molar-refractivity contribution in [1.82, 2.24) is 9.88 Å². The second kappa shape index (κ2) is 11.3. The molecule has 1 amide bonds. The van der Waals surface area contributed by atoms with Gasteiger partial charge in [-0.15, -0.1) is 12.4 Å². The first-order chi connectivity index (χ1) is 15.2. The average molecular weight is 512 g/mol. The zero-order valence-electron chi connectivity index (χ0n) is 19.5. The lowest BCUT2D eigenvalue weighted by Gasteiger charge is -2.24. The van der Waals surface area contributed by atoms with Gasteiger partial charge in [0.15, 0.2) is 15.0 Å². The number of hydrogen-bond donors (Lipinski definition) is 0. The summed E-state index contributed by atoms with van der Waals surface area (Å²) in [5.74, 6) is 0.453. The van der Waals surface area contributed by atoms with E-state index < -0.39 is 9.84 Å². The topological polar surface area (TPSA) is 79.8 Å². The standard InChI is InChI=1S/C23H29N3O4S2.ClH/c1-6-25(7-2)14-15-26(22(27)17-9-11-18(12-10-17)32(5,28)29)23-24-20-19(30-4)13-8-16(3)21(20)31-23;/h8-13H,6-7,14-15H2,1-5H3;1H. The fourth-order valence-electron chi connectivity index (χ4n) is 3.44. The van der Waals surface area contributed by atoms with Gasteiger partial charge in [0.05, 0.1) is 16.7 Å². The number of carbonyl (C=O) groups excluding carboxylic acids is 1. The van der Waals surface area contributed by atoms with Crippen LogP contribution in [0.3, 0.4) is 0 Å². The molecule has 1 heterocycles. The van der Waals surface area contributed by atoms with E-state index >= 15 is 0 Å². The Morgan fingerprint density at radius 3 is 2.24 bits per heavy atom. The number of ether oxygens (including phenoxy) is 1. The molecule has 7 nitrogen and oxygen atoms in total. The Morgan fingerprint density at radius 2 is 1.70 bits per heavy atom. The molecule has 0 N–H and O–H groups in total. The molecule has 0 aliphatic carbocycles. The van der Waals surface area contributed by atoms with Crippen LogP contribution in [0, 0.1) is 6.92 Å². The Hall–Kier alpha value is -2.20. The van der Waals surface area contributed by atoms with Gasteiger partial charge in [-0.1, -0.05) is 31.3 Å². The van der Waals surface area contributed by atoms with Crippen LogP contribution in [-0.4, -0.2) is 63.8 Å². The van der Waals surface area contributed by atoms with E-state index in [1.165, 1.54) is 23.5 Å². The second-order valence-electron chi connectivity index (χ2n) is 7.54. The minimum absolute atomic E-state index is 0. The van der Waals surface area contributed by atoms with E-state index in [1.54, 1.807) is 24.1 Å². The van der Waals surface area contributed by atoms with Crippen molar-refractivity contribution in [2.24, 2.45) is 0 Å². The van der Waals surface area contributed by atoms with Crippen LogP contribution in [0.25, 0.3) is 10.2 Å². The Morgan fingerprint density at radius 1 is 1.06 bits per heavy atom. The molecule has 0 bridgehead atoms. The highest BCUT2D eigenvalue weighted by Crippen LogP contribution is 2.36. The van der Waals surface area contributed by atoms with E-state index in [-0.39, 0.29) is 23.2 Å². The van der Waals surface area contributed by atoms with Crippen molar-refractivity contribution in [2.75, 3.05) is 44.4 Å². The van der Waals surface area contributed by atoms with E-state index in [1.807, 2.05) is 19.1 Å². The number of hydrogen-bond acceptors (Lipinski definition) is 7. The summed E-state index contributed by atoms with van der Waals surface area (Å²) in [6, 6.07) is 9.92. The van der Waals surface area contributed by atoms with Gasteiger partial charge in [0.1, 0.15) is 11.3 Å². The fourth-order valence-corrected chi connectivity index (χ4v) is 5.15. The monoisotopic (exact) mass is 511 g/mol. The molecule has 0 aliphatic rings. The van der Waals surface area contributed by atoms with Crippen LogP contribution < -0.4 is 9.64 Å². The van der Waals surface area contributed by atoms with Gasteiger partial charge in [0, 0.05) is 24.9 Å². The van der Waals surface area contributed by atoms with Crippen LogP contribution in [-0.2, 0) is 9.84 Å². The number of methoxy groups -OCH3 is 1. The Balaban J connectivity index is 0.00000385. The third-order valence-electron chi connectivity index (χ3n) is 5.45. The first-order valence-corrected chi connectivity index (χ1v) is 13.2. The molecule has 0 saturated heterocycles. The Bertz CT molecular complexity index is 1210. The van der Waals surface area contributed by atoms with Crippen molar-refractivity contribution in [1.29, 1.82) is 0 Å². The van der Waals surface area contributed by atoms with Gasteiger partial charge in [-0.2, -0.15) is 0 Å². The largest absolute Gasteiger partial charge is 0.494 e. The number of likely N-dealkylation sites (N-methyl/N-ethyl adjacent to an activating group) is 1. The predicted molar refractivity (Wildman–Crippen MR) is 137 cm³/mol. The van der Waals surface area contributed by atoms with E-state index in [4.69, 9.17) is 9.72 Å². The molecule has 10 heteroatoms. The number of rotatable bonds is 9. The molecule has 3 aromatic rings. The minimum Gasteiger partial charge on any atom is -0.494 e. The molecule has 0 radical (unpaired) electrons. The van der Waals surface area contributed by atoms with Crippen molar-refractivity contribution in [3.8, 4) is 5.75 Å². The molecular weight excluding hydrogens is 482 g/mol. The molecular formula is C23H30ClN3O4S2. The number of aromatic nitrogens is 1. The number of halogens is 1. The average Bonchev–Trinajstić information content (AvgIpc) is 3.22. The lowest BCUT2D eigenvalue weighted by molar-refractivity contribution is 0.0983. The number of sulfone groups is 1. The summed E-state index contributed by atoms with van der Waals surface area (Å²) in [4.78, 5) is 22.4. The smallest absolute Gasteiger partial charge is 0.260 e. The summed E-state index contributed by atoms with van der Waals surface area (Å²) in [7, 11) is -1.72. The van der Waals surface area contributed by atoms with Crippen molar-refractivity contribution in [3.05, 3.63) is 47.5 Å². The van der Waals surface area contributed by atoms with E-state index in [9.17, 15) is 13.2 Å². The molecule has 1 aromatic heterocycles. The van der Waals surface area contributed by atoms with Crippen LogP contribution in [0.15, 0.2) is 41.3 Å². The molecule has 0 fully saturated rings. The van der Waals surface area contributed by atoms with Crippen molar-refractivity contribution >= 4 is 54.8 Å². The number of nitrogens with zero attached hydrogens (tertiary/aromatic N) is 3. The second-order valence-corrected chi connectivity index (χ2v) is 10.5. The zero-order chi connectivity index (χ0) is 23.5. The Labute approximate surface area is 205 Å². The van der Waals surface area contributed by atoms with Gasteiger partial charge >= 0.3 is 0 Å². The van der Waals surface area contributed by atoms with Crippen LogP contribution >= 0.6 is 23.7 Å². The molecule has 0 aliphatic heterocycles. The van der Waals surface area contributed by atoms with Gasteiger partial charge < -0.3 is 9.64 Å². The van der Waals surface area contributed by atoms with Crippen LogP contribution in [0.2, 0.25) is 0 Å². The van der Waals surface area contributed by atoms with Crippen molar-refractivity contribution < 1.29 is 17.9 Å². The summed E-state index contributed by atoms with van der Waals surface area (Å²) in [6.45, 7) is 9.12. The lowest BCUT2D eigenvalue weighted by Crippen LogP contribution is -2.38. The molecule has 2 aromatic carbocycles. The van der Waals surface area contributed by atoms with E-state index in [0.717, 1.165) is 35.1 Å². The molecule has 0 atom stereocenters. The van der Waals surface area contributed by atoms with E-state index in [2.05, 4.69) is 18.7 Å². The number of anilines is 1. The number of amides is 1. The molecule has 3 rings (SSSR count). The molecule has 0 saturated carbocycles. The minimum atomic E-state index is -3.33. The third-order valence-corrected chi connectivity index (χ3v) is 7.79. The first kappa shape index (κ1) is 27.0. The van der Waals surface area contributed by atoms with E-state index in [0.29, 0.717) is 29.5 Å². The lowest BCUT2D eigenvalue weighted by atomic mass is 10.2. The SMILES string of the molecule is CCN(CC)CCN(C(=O)c1ccc(S(C)(=O)=O)cc1)c1nc2c(OC)ccc(C)c2s1.Cl. The molecule has 0 unspecified atom stereocenters. The summed E-state index contributed by atoms with van der Waals surface area (Å²) < 4.78 is 30.0. The fraction of sp³-hybridized carbons (Fsp3) is 0.391. The number of carbonyl (C=O) groups is 1. The molecule has 33 heavy (non-hydrogen) atoms.